The third-order valence-corrected chi connectivity index (χ3v) is 2.75. The summed E-state index contributed by atoms with van der Waals surface area (Å²) in [7, 11) is 0. The number of aliphatic carboxylic acids is 1. The molecule has 1 N–H and O–H groups in total. The normalized spacial score (nSPS) is 10.9. The van der Waals surface area contributed by atoms with Gasteiger partial charge in [0.2, 0.25) is 11.8 Å². The molecule has 0 unspecified atom stereocenters. The summed E-state index contributed by atoms with van der Waals surface area (Å²) in [5.74, 6) is 0.0205. The number of hydrogen-bond acceptors (Lipinski definition) is 5. The minimum Gasteiger partial charge on any atom is -0.480 e. The Morgan fingerprint density at radius 3 is 2.70 bits per heavy atom. The molecule has 0 saturated carbocycles. The number of aromatic nitrogens is 2. The third kappa shape index (κ3) is 3.89. The van der Waals surface area contributed by atoms with Crippen molar-refractivity contribution in [2.75, 3.05) is 13.1 Å². The molecule has 0 aliphatic heterocycles. The summed E-state index contributed by atoms with van der Waals surface area (Å²) in [5, 5.41) is 16.8. The van der Waals surface area contributed by atoms with Crippen LogP contribution in [0.1, 0.15) is 19.2 Å². The van der Waals surface area contributed by atoms with Crippen LogP contribution in [0.4, 0.5) is 0 Å². The first kappa shape index (κ1) is 14.2. The van der Waals surface area contributed by atoms with E-state index in [9.17, 15) is 4.79 Å². The second-order valence-corrected chi connectivity index (χ2v) is 4.47. The largest absolute Gasteiger partial charge is 0.480 e. The molecule has 0 bridgehead atoms. The van der Waals surface area contributed by atoms with Gasteiger partial charge in [-0.05, 0) is 25.1 Å². The standard InChI is InChI=1S/C14H17N3O3/c1-2-8-17(10-13(18)19)9-12-15-16-14(20-12)11-6-4-3-5-7-11/h3-7H,2,8-10H2,1H3,(H,18,19). The van der Waals surface area contributed by atoms with Crippen LogP contribution in [0, 0.1) is 0 Å². The molecule has 6 nitrogen and oxygen atoms in total. The highest BCUT2D eigenvalue weighted by Crippen LogP contribution is 2.17. The van der Waals surface area contributed by atoms with Gasteiger partial charge >= 0.3 is 5.97 Å². The molecule has 0 atom stereocenters. The van der Waals surface area contributed by atoms with Crippen molar-refractivity contribution in [3.63, 3.8) is 0 Å². The molecule has 2 aromatic rings. The Bertz CT molecular complexity index is 554. The highest BCUT2D eigenvalue weighted by molar-refractivity contribution is 5.69. The van der Waals surface area contributed by atoms with Crippen LogP contribution >= 0.6 is 0 Å². The van der Waals surface area contributed by atoms with Gasteiger partial charge in [-0.15, -0.1) is 10.2 Å². The van der Waals surface area contributed by atoms with E-state index in [4.69, 9.17) is 9.52 Å². The van der Waals surface area contributed by atoms with Crippen LogP contribution in [-0.2, 0) is 11.3 Å². The summed E-state index contributed by atoms with van der Waals surface area (Å²) in [6.45, 7) is 2.99. The van der Waals surface area contributed by atoms with Crippen LogP contribution in [0.2, 0.25) is 0 Å². The average molecular weight is 275 g/mol. The van der Waals surface area contributed by atoms with E-state index >= 15 is 0 Å². The predicted molar refractivity (Wildman–Crippen MR) is 72.9 cm³/mol. The lowest BCUT2D eigenvalue weighted by Crippen LogP contribution is -2.30. The lowest BCUT2D eigenvalue weighted by atomic mass is 10.2. The Hall–Kier alpha value is -2.21. The minimum absolute atomic E-state index is 0.0309. The van der Waals surface area contributed by atoms with Crippen molar-refractivity contribution in [1.29, 1.82) is 0 Å². The fourth-order valence-corrected chi connectivity index (χ4v) is 1.93. The number of nitrogens with zero attached hydrogens (tertiary/aromatic N) is 3. The maximum Gasteiger partial charge on any atom is 0.317 e. The summed E-state index contributed by atoms with van der Waals surface area (Å²) in [5.41, 5.74) is 0.853. The highest BCUT2D eigenvalue weighted by atomic mass is 16.4. The van der Waals surface area contributed by atoms with E-state index in [-0.39, 0.29) is 6.54 Å². The van der Waals surface area contributed by atoms with Gasteiger partial charge in [0.05, 0.1) is 13.1 Å². The van der Waals surface area contributed by atoms with E-state index in [0.29, 0.717) is 24.9 Å². The molecule has 0 saturated heterocycles. The third-order valence-electron chi connectivity index (χ3n) is 2.75. The lowest BCUT2D eigenvalue weighted by molar-refractivity contribution is -0.138. The van der Waals surface area contributed by atoms with Crippen LogP contribution in [-0.4, -0.2) is 39.3 Å². The SMILES string of the molecule is CCCN(CC(=O)O)Cc1nnc(-c2ccccc2)o1. The van der Waals surface area contributed by atoms with Crippen molar-refractivity contribution >= 4 is 5.97 Å². The van der Waals surface area contributed by atoms with Gasteiger partial charge in [0.15, 0.2) is 0 Å². The Labute approximate surface area is 117 Å². The fourth-order valence-electron chi connectivity index (χ4n) is 1.93. The molecule has 1 heterocycles. The van der Waals surface area contributed by atoms with E-state index in [1.165, 1.54) is 0 Å². The van der Waals surface area contributed by atoms with Crippen molar-refractivity contribution in [3.8, 4) is 11.5 Å². The average Bonchev–Trinajstić information content (AvgIpc) is 2.88. The van der Waals surface area contributed by atoms with Gasteiger partial charge < -0.3 is 9.52 Å². The van der Waals surface area contributed by atoms with E-state index in [1.807, 2.05) is 37.3 Å². The quantitative estimate of drug-likeness (QED) is 0.833. The molecular weight excluding hydrogens is 258 g/mol. The lowest BCUT2D eigenvalue weighted by Gasteiger charge is -2.16. The number of benzene rings is 1. The zero-order valence-corrected chi connectivity index (χ0v) is 11.3. The van der Waals surface area contributed by atoms with Gasteiger partial charge in [0.1, 0.15) is 0 Å². The van der Waals surface area contributed by atoms with Gasteiger partial charge in [-0.1, -0.05) is 25.1 Å². The molecule has 0 spiro atoms. The molecule has 6 heteroatoms. The summed E-state index contributed by atoms with van der Waals surface area (Å²) in [4.78, 5) is 12.6. The minimum atomic E-state index is -0.860. The molecule has 1 aromatic heterocycles. The van der Waals surface area contributed by atoms with Gasteiger partial charge in [-0.3, -0.25) is 9.69 Å². The van der Waals surface area contributed by atoms with E-state index in [2.05, 4.69) is 10.2 Å². The van der Waals surface area contributed by atoms with E-state index in [1.54, 1.807) is 4.90 Å². The molecule has 20 heavy (non-hydrogen) atoms. The molecule has 0 fully saturated rings. The monoisotopic (exact) mass is 275 g/mol. The van der Waals surface area contributed by atoms with Crippen molar-refractivity contribution in [2.45, 2.75) is 19.9 Å². The Kier molecular flexibility index (Phi) is 4.84. The first-order valence-corrected chi connectivity index (χ1v) is 6.51. The topological polar surface area (TPSA) is 79.5 Å². The smallest absolute Gasteiger partial charge is 0.317 e. The zero-order chi connectivity index (χ0) is 14.4. The van der Waals surface area contributed by atoms with Gasteiger partial charge in [0, 0.05) is 5.56 Å². The molecular formula is C14H17N3O3. The van der Waals surface area contributed by atoms with Crippen LogP contribution in [0.5, 0.6) is 0 Å². The zero-order valence-electron chi connectivity index (χ0n) is 11.3. The number of carboxylic acid groups (broad SMARTS) is 1. The van der Waals surface area contributed by atoms with Crippen LogP contribution in [0.3, 0.4) is 0 Å². The molecule has 1 aromatic carbocycles. The van der Waals surface area contributed by atoms with Gasteiger partial charge in [0.25, 0.3) is 0 Å². The second kappa shape index (κ2) is 6.81. The van der Waals surface area contributed by atoms with Crippen LogP contribution in [0.25, 0.3) is 11.5 Å². The van der Waals surface area contributed by atoms with E-state index in [0.717, 1.165) is 12.0 Å². The van der Waals surface area contributed by atoms with Crippen molar-refractivity contribution < 1.29 is 14.3 Å². The molecule has 0 amide bonds. The Balaban J connectivity index is 2.06. The van der Waals surface area contributed by atoms with Gasteiger partial charge in [-0.25, -0.2) is 0 Å². The summed E-state index contributed by atoms with van der Waals surface area (Å²) >= 11 is 0. The van der Waals surface area contributed by atoms with Gasteiger partial charge in [-0.2, -0.15) is 0 Å². The maximum atomic E-state index is 10.8. The fraction of sp³-hybridized carbons (Fsp3) is 0.357. The van der Waals surface area contributed by atoms with Crippen molar-refractivity contribution in [2.24, 2.45) is 0 Å². The number of hydrogen-bond donors (Lipinski definition) is 1. The Morgan fingerprint density at radius 1 is 1.30 bits per heavy atom. The first-order chi connectivity index (χ1) is 9.69. The van der Waals surface area contributed by atoms with E-state index < -0.39 is 5.97 Å². The first-order valence-electron chi connectivity index (χ1n) is 6.51. The number of carboxylic acids is 1. The summed E-state index contributed by atoms with van der Waals surface area (Å²) < 4.78 is 5.57. The molecule has 0 aliphatic carbocycles. The Morgan fingerprint density at radius 2 is 2.05 bits per heavy atom. The maximum absolute atomic E-state index is 10.8. The molecule has 0 aliphatic rings. The molecule has 0 radical (unpaired) electrons. The predicted octanol–water partition coefficient (Wildman–Crippen LogP) is 2.03. The molecule has 2 rings (SSSR count). The number of rotatable bonds is 7. The number of carbonyl (C=O) groups is 1. The molecule has 106 valence electrons. The van der Waals surface area contributed by atoms with Crippen LogP contribution < -0.4 is 0 Å². The van der Waals surface area contributed by atoms with Crippen molar-refractivity contribution in [3.05, 3.63) is 36.2 Å². The highest BCUT2D eigenvalue weighted by Gasteiger charge is 2.14. The second-order valence-electron chi connectivity index (χ2n) is 4.47. The summed E-state index contributed by atoms with van der Waals surface area (Å²) in [6, 6.07) is 9.48. The van der Waals surface area contributed by atoms with Crippen LogP contribution in [0.15, 0.2) is 34.7 Å². The summed E-state index contributed by atoms with van der Waals surface area (Å²) in [6.07, 6.45) is 0.868. The van der Waals surface area contributed by atoms with Crippen molar-refractivity contribution in [1.82, 2.24) is 15.1 Å².